The van der Waals surface area contributed by atoms with Gasteiger partial charge in [-0.1, -0.05) is 5.21 Å². The second-order valence-corrected chi connectivity index (χ2v) is 4.27. The van der Waals surface area contributed by atoms with Gasteiger partial charge in [0, 0.05) is 11.1 Å². The number of hydrogen-bond donors (Lipinski definition) is 0. The average molecular weight is 273 g/mol. The molecule has 20 heavy (non-hydrogen) atoms. The minimum atomic E-state index is -0.0125. The molecule has 0 unspecified atom stereocenters. The van der Waals surface area contributed by atoms with E-state index in [-0.39, 0.29) is 11.5 Å². The number of aldehydes is 1. The SMILES string of the molecule is CCOc1ccc(C(C)=O)cc1Cn1cc(C=O)nn1. The maximum atomic E-state index is 11.4. The summed E-state index contributed by atoms with van der Waals surface area (Å²) >= 11 is 0. The van der Waals surface area contributed by atoms with Crippen LogP contribution in [-0.2, 0) is 6.54 Å². The fourth-order valence-corrected chi connectivity index (χ4v) is 1.84. The standard InChI is InChI=1S/C14H15N3O3/c1-3-20-14-5-4-11(10(2)19)6-12(14)7-17-8-13(9-18)15-16-17/h4-6,8-9H,3,7H2,1-2H3. The van der Waals surface area contributed by atoms with Crippen molar-refractivity contribution in [3.63, 3.8) is 0 Å². The molecule has 0 amide bonds. The molecule has 2 rings (SSSR count). The Morgan fingerprint density at radius 2 is 2.25 bits per heavy atom. The smallest absolute Gasteiger partial charge is 0.171 e. The van der Waals surface area contributed by atoms with Crippen molar-refractivity contribution in [3.05, 3.63) is 41.2 Å². The summed E-state index contributed by atoms with van der Waals surface area (Å²) in [5.74, 6) is 0.683. The molecule has 0 spiro atoms. The van der Waals surface area contributed by atoms with Crippen molar-refractivity contribution in [2.75, 3.05) is 6.61 Å². The Kier molecular flexibility index (Phi) is 4.24. The number of Topliss-reactive ketones (excluding diaryl/α,β-unsaturated/α-hetero) is 1. The van der Waals surface area contributed by atoms with Crippen molar-refractivity contribution in [2.45, 2.75) is 20.4 Å². The Morgan fingerprint density at radius 3 is 2.85 bits per heavy atom. The molecule has 0 aliphatic rings. The molecule has 104 valence electrons. The topological polar surface area (TPSA) is 74.1 Å². The lowest BCUT2D eigenvalue weighted by molar-refractivity contribution is 0.101. The summed E-state index contributed by atoms with van der Waals surface area (Å²) in [7, 11) is 0. The molecule has 0 saturated carbocycles. The van der Waals surface area contributed by atoms with Gasteiger partial charge < -0.3 is 4.74 Å². The highest BCUT2D eigenvalue weighted by Crippen LogP contribution is 2.21. The lowest BCUT2D eigenvalue weighted by atomic mass is 10.1. The third-order valence-electron chi connectivity index (χ3n) is 2.78. The number of aromatic nitrogens is 3. The van der Waals surface area contributed by atoms with Gasteiger partial charge in [0.15, 0.2) is 12.1 Å². The third kappa shape index (κ3) is 3.09. The van der Waals surface area contributed by atoms with Crippen LogP contribution in [0.5, 0.6) is 5.75 Å². The van der Waals surface area contributed by atoms with Crippen LogP contribution in [0, 0.1) is 0 Å². The Hall–Kier alpha value is -2.50. The molecule has 0 aliphatic heterocycles. The van der Waals surface area contributed by atoms with Gasteiger partial charge in [-0.2, -0.15) is 0 Å². The van der Waals surface area contributed by atoms with Crippen LogP contribution in [0.2, 0.25) is 0 Å². The highest BCUT2D eigenvalue weighted by atomic mass is 16.5. The average Bonchev–Trinajstić information content (AvgIpc) is 2.88. The molecule has 6 nitrogen and oxygen atoms in total. The van der Waals surface area contributed by atoms with Crippen molar-refractivity contribution in [3.8, 4) is 5.75 Å². The lowest BCUT2D eigenvalue weighted by Gasteiger charge is -2.11. The van der Waals surface area contributed by atoms with E-state index in [1.54, 1.807) is 24.4 Å². The molecular weight excluding hydrogens is 258 g/mol. The molecule has 1 heterocycles. The van der Waals surface area contributed by atoms with Crippen LogP contribution in [0.1, 0.15) is 40.3 Å². The Bertz CT molecular complexity index is 634. The van der Waals surface area contributed by atoms with Gasteiger partial charge in [0.25, 0.3) is 0 Å². The molecule has 0 fully saturated rings. The minimum Gasteiger partial charge on any atom is -0.494 e. The van der Waals surface area contributed by atoms with Crippen molar-refractivity contribution in [1.29, 1.82) is 0 Å². The van der Waals surface area contributed by atoms with Crippen molar-refractivity contribution >= 4 is 12.1 Å². The monoisotopic (exact) mass is 273 g/mol. The zero-order valence-electron chi connectivity index (χ0n) is 11.4. The van der Waals surface area contributed by atoms with Crippen molar-refractivity contribution in [2.24, 2.45) is 0 Å². The van der Waals surface area contributed by atoms with Crippen LogP contribution in [-0.4, -0.2) is 33.7 Å². The first-order valence-electron chi connectivity index (χ1n) is 6.26. The van der Waals surface area contributed by atoms with Gasteiger partial charge in [-0.3, -0.25) is 9.59 Å². The fraction of sp³-hybridized carbons (Fsp3) is 0.286. The Morgan fingerprint density at radius 1 is 1.45 bits per heavy atom. The van der Waals surface area contributed by atoms with Crippen LogP contribution in [0.4, 0.5) is 0 Å². The molecule has 1 aromatic carbocycles. The van der Waals surface area contributed by atoms with E-state index in [2.05, 4.69) is 10.3 Å². The van der Waals surface area contributed by atoms with Crippen LogP contribution in [0.15, 0.2) is 24.4 Å². The van der Waals surface area contributed by atoms with Crippen LogP contribution in [0.25, 0.3) is 0 Å². The van der Waals surface area contributed by atoms with E-state index in [4.69, 9.17) is 4.74 Å². The molecule has 0 radical (unpaired) electrons. The van der Waals surface area contributed by atoms with E-state index in [9.17, 15) is 9.59 Å². The fourth-order valence-electron chi connectivity index (χ4n) is 1.84. The summed E-state index contributed by atoms with van der Waals surface area (Å²) in [5, 5.41) is 7.55. The number of ketones is 1. The Balaban J connectivity index is 2.33. The highest BCUT2D eigenvalue weighted by molar-refractivity contribution is 5.94. The van der Waals surface area contributed by atoms with Crippen LogP contribution in [0.3, 0.4) is 0 Å². The number of carbonyl (C=O) groups excluding carboxylic acids is 2. The van der Waals surface area contributed by atoms with E-state index in [1.165, 1.54) is 11.6 Å². The zero-order valence-corrected chi connectivity index (χ0v) is 11.4. The van der Waals surface area contributed by atoms with Crippen molar-refractivity contribution in [1.82, 2.24) is 15.0 Å². The molecule has 2 aromatic rings. The predicted molar refractivity (Wildman–Crippen MR) is 72.1 cm³/mol. The maximum absolute atomic E-state index is 11.4. The second-order valence-electron chi connectivity index (χ2n) is 4.27. The summed E-state index contributed by atoms with van der Waals surface area (Å²) in [6, 6.07) is 5.28. The molecule has 0 N–H and O–H groups in total. The zero-order chi connectivity index (χ0) is 14.5. The number of benzene rings is 1. The van der Waals surface area contributed by atoms with E-state index in [1.807, 2.05) is 6.92 Å². The predicted octanol–water partition coefficient (Wildman–Crippen LogP) is 1.74. The second kappa shape index (κ2) is 6.10. The third-order valence-corrected chi connectivity index (χ3v) is 2.78. The first-order chi connectivity index (χ1) is 9.63. The Labute approximate surface area is 116 Å². The number of nitrogens with zero attached hydrogens (tertiary/aromatic N) is 3. The van der Waals surface area contributed by atoms with Gasteiger partial charge in [-0.15, -0.1) is 5.10 Å². The van der Waals surface area contributed by atoms with Gasteiger partial charge >= 0.3 is 0 Å². The first-order valence-corrected chi connectivity index (χ1v) is 6.26. The normalized spacial score (nSPS) is 10.3. The summed E-state index contributed by atoms with van der Waals surface area (Å²) < 4.78 is 7.07. The van der Waals surface area contributed by atoms with Crippen LogP contribution < -0.4 is 4.74 Å². The molecule has 6 heteroatoms. The van der Waals surface area contributed by atoms with Gasteiger partial charge in [0.1, 0.15) is 11.4 Å². The summed E-state index contributed by atoms with van der Waals surface area (Å²) in [6.07, 6.45) is 2.18. The summed E-state index contributed by atoms with van der Waals surface area (Å²) in [4.78, 5) is 22.0. The number of rotatable bonds is 6. The molecule has 0 atom stereocenters. The van der Waals surface area contributed by atoms with E-state index in [0.717, 1.165) is 5.56 Å². The molecule has 0 saturated heterocycles. The van der Waals surface area contributed by atoms with Gasteiger partial charge in [0.05, 0.1) is 19.3 Å². The number of hydrogen-bond acceptors (Lipinski definition) is 5. The van der Waals surface area contributed by atoms with E-state index < -0.39 is 0 Å². The van der Waals surface area contributed by atoms with Gasteiger partial charge in [0.2, 0.25) is 0 Å². The molecular formula is C14H15N3O3. The number of carbonyl (C=O) groups is 2. The first kappa shape index (κ1) is 13.9. The molecule has 1 aromatic heterocycles. The molecule has 0 bridgehead atoms. The summed E-state index contributed by atoms with van der Waals surface area (Å²) in [6.45, 7) is 4.32. The van der Waals surface area contributed by atoms with E-state index >= 15 is 0 Å². The van der Waals surface area contributed by atoms with Gasteiger partial charge in [-0.25, -0.2) is 4.68 Å². The number of ether oxygens (including phenoxy) is 1. The van der Waals surface area contributed by atoms with Crippen LogP contribution >= 0.6 is 0 Å². The van der Waals surface area contributed by atoms with Gasteiger partial charge in [-0.05, 0) is 32.0 Å². The van der Waals surface area contributed by atoms with E-state index in [0.29, 0.717) is 30.8 Å². The highest BCUT2D eigenvalue weighted by Gasteiger charge is 2.09. The largest absolute Gasteiger partial charge is 0.494 e. The lowest BCUT2D eigenvalue weighted by Crippen LogP contribution is -2.06. The maximum Gasteiger partial charge on any atom is 0.171 e. The quantitative estimate of drug-likeness (QED) is 0.592. The van der Waals surface area contributed by atoms with Crippen molar-refractivity contribution < 1.29 is 14.3 Å². The summed E-state index contributed by atoms with van der Waals surface area (Å²) in [5.41, 5.74) is 1.70. The minimum absolute atomic E-state index is 0.0125. The molecule has 0 aliphatic carbocycles.